The summed E-state index contributed by atoms with van der Waals surface area (Å²) in [7, 11) is 6.63. The minimum atomic E-state index is -0.253. The van der Waals surface area contributed by atoms with Crippen LogP contribution in [0.15, 0.2) is 54.6 Å². The van der Waals surface area contributed by atoms with Crippen LogP contribution in [-0.2, 0) is 0 Å². The molecule has 0 aromatic heterocycles. The molecule has 28 heavy (non-hydrogen) atoms. The van der Waals surface area contributed by atoms with E-state index in [9.17, 15) is 0 Å². The van der Waals surface area contributed by atoms with Gasteiger partial charge in [0.15, 0.2) is 0 Å². The number of methoxy groups -OCH3 is 4. The maximum atomic E-state index is 6.22. The van der Waals surface area contributed by atoms with Crippen molar-refractivity contribution < 1.29 is 23.7 Å². The summed E-state index contributed by atoms with van der Waals surface area (Å²) in [6.07, 6.45) is 0. The van der Waals surface area contributed by atoms with Gasteiger partial charge in [0.05, 0.1) is 34.4 Å². The fraction of sp³-hybridized carbons (Fsp3) is 0.217. The predicted molar refractivity (Wildman–Crippen MR) is 107 cm³/mol. The summed E-state index contributed by atoms with van der Waals surface area (Å²) in [4.78, 5) is 0. The Balaban J connectivity index is 2.11. The van der Waals surface area contributed by atoms with Crippen molar-refractivity contribution in [2.45, 2.75) is 5.92 Å². The SMILES string of the molecule is COc1cccc(OC)c1C1c2c(OC)cccc2Oc2cccc(OC)c21. The monoisotopic (exact) mass is 378 g/mol. The minimum Gasteiger partial charge on any atom is -0.496 e. The Bertz CT molecular complexity index is 936. The van der Waals surface area contributed by atoms with E-state index in [2.05, 4.69) is 0 Å². The molecule has 0 saturated carbocycles. The van der Waals surface area contributed by atoms with Gasteiger partial charge in [0.25, 0.3) is 0 Å². The zero-order valence-corrected chi connectivity index (χ0v) is 16.3. The molecule has 1 aliphatic rings. The topological polar surface area (TPSA) is 46.2 Å². The largest absolute Gasteiger partial charge is 0.496 e. The summed E-state index contributed by atoms with van der Waals surface area (Å²) >= 11 is 0. The number of fused-ring (bicyclic) bond motifs is 2. The summed E-state index contributed by atoms with van der Waals surface area (Å²) in [6.45, 7) is 0. The average Bonchev–Trinajstić information content (AvgIpc) is 2.75. The summed E-state index contributed by atoms with van der Waals surface area (Å²) in [6, 6.07) is 17.3. The lowest BCUT2D eigenvalue weighted by Crippen LogP contribution is -2.16. The van der Waals surface area contributed by atoms with Crippen LogP contribution in [0.5, 0.6) is 34.5 Å². The molecular formula is C23H22O5. The molecule has 4 rings (SSSR count). The Hall–Kier alpha value is -3.34. The van der Waals surface area contributed by atoms with Gasteiger partial charge in [0.1, 0.15) is 34.5 Å². The van der Waals surface area contributed by atoms with E-state index >= 15 is 0 Å². The standard InChI is InChI=1S/C23H22O5/c1-24-14-8-5-9-15(25-2)20(14)23-21-16(26-3)10-6-12-18(21)28-19-13-7-11-17(27-4)22(19)23/h5-13,23H,1-4H3. The third-order valence-corrected chi connectivity index (χ3v) is 5.04. The van der Waals surface area contributed by atoms with Crippen molar-refractivity contribution in [3.8, 4) is 34.5 Å². The molecule has 0 spiro atoms. The number of ether oxygens (including phenoxy) is 5. The van der Waals surface area contributed by atoms with Gasteiger partial charge >= 0.3 is 0 Å². The summed E-state index contributed by atoms with van der Waals surface area (Å²) in [5.41, 5.74) is 2.71. The molecular weight excluding hydrogens is 356 g/mol. The van der Waals surface area contributed by atoms with Gasteiger partial charge < -0.3 is 23.7 Å². The van der Waals surface area contributed by atoms with Gasteiger partial charge in [-0.3, -0.25) is 0 Å². The van der Waals surface area contributed by atoms with E-state index in [1.165, 1.54) is 0 Å². The Morgan fingerprint density at radius 1 is 0.536 bits per heavy atom. The number of rotatable bonds is 5. The molecule has 144 valence electrons. The first-order valence-corrected chi connectivity index (χ1v) is 8.96. The average molecular weight is 378 g/mol. The van der Waals surface area contributed by atoms with E-state index in [1.54, 1.807) is 28.4 Å². The summed E-state index contributed by atoms with van der Waals surface area (Å²) in [5.74, 6) is 4.12. The van der Waals surface area contributed by atoms with Crippen LogP contribution in [0.2, 0.25) is 0 Å². The van der Waals surface area contributed by atoms with Crippen LogP contribution in [0.3, 0.4) is 0 Å². The van der Waals surface area contributed by atoms with Crippen LogP contribution in [0.4, 0.5) is 0 Å². The van der Waals surface area contributed by atoms with Crippen LogP contribution in [0, 0.1) is 0 Å². The lowest BCUT2D eigenvalue weighted by molar-refractivity contribution is 0.365. The Morgan fingerprint density at radius 2 is 0.893 bits per heavy atom. The maximum Gasteiger partial charge on any atom is 0.135 e. The fourth-order valence-electron chi connectivity index (χ4n) is 3.87. The van der Waals surface area contributed by atoms with Crippen LogP contribution in [-0.4, -0.2) is 28.4 Å². The third-order valence-electron chi connectivity index (χ3n) is 5.04. The maximum absolute atomic E-state index is 6.22. The first kappa shape index (κ1) is 18.0. The van der Waals surface area contributed by atoms with Crippen LogP contribution in [0.1, 0.15) is 22.6 Å². The lowest BCUT2D eigenvalue weighted by atomic mass is 9.80. The van der Waals surface area contributed by atoms with Crippen LogP contribution >= 0.6 is 0 Å². The second kappa shape index (κ2) is 7.35. The first-order valence-electron chi connectivity index (χ1n) is 8.96. The number of hydrogen-bond donors (Lipinski definition) is 0. The fourth-order valence-corrected chi connectivity index (χ4v) is 3.87. The molecule has 0 atom stereocenters. The van der Waals surface area contributed by atoms with Gasteiger partial charge in [-0.15, -0.1) is 0 Å². The van der Waals surface area contributed by atoms with Gasteiger partial charge in [-0.25, -0.2) is 0 Å². The van der Waals surface area contributed by atoms with Crippen molar-refractivity contribution >= 4 is 0 Å². The second-order valence-electron chi connectivity index (χ2n) is 6.36. The second-order valence-corrected chi connectivity index (χ2v) is 6.36. The van der Waals surface area contributed by atoms with Gasteiger partial charge in [0, 0.05) is 16.7 Å². The normalized spacial score (nSPS) is 12.4. The lowest BCUT2D eigenvalue weighted by Gasteiger charge is -2.32. The highest BCUT2D eigenvalue weighted by Crippen LogP contribution is 2.56. The van der Waals surface area contributed by atoms with Gasteiger partial charge in [-0.05, 0) is 36.4 Å². The molecule has 0 bridgehead atoms. The molecule has 1 aliphatic heterocycles. The van der Waals surface area contributed by atoms with Crippen molar-refractivity contribution in [2.24, 2.45) is 0 Å². The number of hydrogen-bond acceptors (Lipinski definition) is 5. The van der Waals surface area contributed by atoms with Crippen LogP contribution < -0.4 is 23.7 Å². The smallest absolute Gasteiger partial charge is 0.135 e. The van der Waals surface area contributed by atoms with Crippen molar-refractivity contribution in [1.82, 2.24) is 0 Å². The molecule has 0 aliphatic carbocycles. The van der Waals surface area contributed by atoms with E-state index in [0.717, 1.165) is 51.2 Å². The molecule has 0 radical (unpaired) electrons. The molecule has 0 amide bonds. The van der Waals surface area contributed by atoms with Crippen molar-refractivity contribution in [1.29, 1.82) is 0 Å². The number of benzene rings is 3. The molecule has 0 saturated heterocycles. The Labute approximate surface area is 164 Å². The van der Waals surface area contributed by atoms with E-state index in [-0.39, 0.29) is 5.92 Å². The van der Waals surface area contributed by atoms with Crippen molar-refractivity contribution in [3.05, 3.63) is 71.3 Å². The molecule has 0 N–H and O–H groups in total. The molecule has 0 unspecified atom stereocenters. The predicted octanol–water partition coefficient (Wildman–Crippen LogP) is 5.01. The van der Waals surface area contributed by atoms with E-state index < -0.39 is 0 Å². The van der Waals surface area contributed by atoms with Crippen molar-refractivity contribution in [2.75, 3.05) is 28.4 Å². The molecule has 1 heterocycles. The first-order chi connectivity index (χ1) is 13.7. The highest BCUT2D eigenvalue weighted by molar-refractivity contribution is 5.69. The molecule has 0 fully saturated rings. The zero-order chi connectivity index (χ0) is 19.7. The van der Waals surface area contributed by atoms with Crippen molar-refractivity contribution in [3.63, 3.8) is 0 Å². The van der Waals surface area contributed by atoms with Gasteiger partial charge in [-0.1, -0.05) is 18.2 Å². The highest BCUT2D eigenvalue weighted by Gasteiger charge is 2.37. The van der Waals surface area contributed by atoms with Gasteiger partial charge in [-0.2, -0.15) is 0 Å². The van der Waals surface area contributed by atoms with E-state index in [0.29, 0.717) is 0 Å². The Kier molecular flexibility index (Phi) is 4.74. The minimum absolute atomic E-state index is 0.253. The zero-order valence-electron chi connectivity index (χ0n) is 16.3. The van der Waals surface area contributed by atoms with Crippen LogP contribution in [0.25, 0.3) is 0 Å². The summed E-state index contributed by atoms with van der Waals surface area (Å²) in [5, 5.41) is 0. The Morgan fingerprint density at radius 3 is 1.29 bits per heavy atom. The van der Waals surface area contributed by atoms with E-state index in [1.807, 2.05) is 54.6 Å². The molecule has 5 heteroatoms. The molecule has 3 aromatic rings. The quantitative estimate of drug-likeness (QED) is 0.489. The third kappa shape index (κ3) is 2.71. The molecule has 5 nitrogen and oxygen atoms in total. The van der Waals surface area contributed by atoms with E-state index in [4.69, 9.17) is 23.7 Å². The highest BCUT2D eigenvalue weighted by atomic mass is 16.5. The van der Waals surface area contributed by atoms with Gasteiger partial charge in [0.2, 0.25) is 0 Å². The molecule has 3 aromatic carbocycles. The summed E-state index contributed by atoms with van der Waals surface area (Å²) < 4.78 is 29.0.